The van der Waals surface area contributed by atoms with Gasteiger partial charge >= 0.3 is 6.03 Å². The van der Waals surface area contributed by atoms with Gasteiger partial charge in [-0.1, -0.05) is 50.6 Å². The second-order valence-corrected chi connectivity index (χ2v) is 6.56. The van der Waals surface area contributed by atoms with Crippen LogP contribution in [0, 0.1) is 6.92 Å². The maximum Gasteiger partial charge on any atom is 0.321 e. The molecule has 2 N–H and O–H groups in total. The third-order valence-corrected chi connectivity index (χ3v) is 3.50. The van der Waals surface area contributed by atoms with Gasteiger partial charge in [0.15, 0.2) is 6.73 Å². The van der Waals surface area contributed by atoms with Gasteiger partial charge < -0.3 is 15.4 Å². The zero-order chi connectivity index (χ0) is 16.9. The predicted molar refractivity (Wildman–Crippen MR) is 94.0 cm³/mol. The van der Waals surface area contributed by atoms with Gasteiger partial charge in [-0.2, -0.15) is 0 Å². The van der Waals surface area contributed by atoms with E-state index in [9.17, 15) is 4.79 Å². The van der Waals surface area contributed by atoms with Gasteiger partial charge in [-0.15, -0.1) is 0 Å². The van der Waals surface area contributed by atoms with Gasteiger partial charge in [-0.05, 0) is 42.2 Å². The number of carbonyl (C=O) groups excluding carboxylic acids is 1. The highest BCUT2D eigenvalue weighted by Crippen LogP contribution is 2.23. The second-order valence-electron chi connectivity index (χ2n) is 6.56. The molecule has 0 aromatic heterocycles. The van der Waals surface area contributed by atoms with Crippen molar-refractivity contribution in [2.24, 2.45) is 0 Å². The van der Waals surface area contributed by atoms with Crippen LogP contribution in [-0.4, -0.2) is 12.8 Å². The molecule has 0 heterocycles. The number of hydrogen-bond acceptors (Lipinski definition) is 2. The average Bonchev–Trinajstić information content (AvgIpc) is 2.49. The van der Waals surface area contributed by atoms with Crippen LogP contribution in [0.2, 0.25) is 0 Å². The van der Waals surface area contributed by atoms with Crippen molar-refractivity contribution in [2.45, 2.75) is 33.1 Å². The molecule has 2 aromatic rings. The minimum Gasteiger partial charge on any atom is -0.473 e. The molecule has 0 fully saturated rings. The SMILES string of the molecule is Cc1ccc(OCNC(=O)Nc2ccc(C(C)(C)C)cc2)cc1. The first-order valence-corrected chi connectivity index (χ1v) is 7.69. The molecule has 4 heteroatoms. The molecule has 0 atom stereocenters. The van der Waals surface area contributed by atoms with Crippen molar-refractivity contribution in [3.63, 3.8) is 0 Å². The van der Waals surface area contributed by atoms with E-state index in [4.69, 9.17) is 4.74 Å². The van der Waals surface area contributed by atoms with Crippen LogP contribution in [0.3, 0.4) is 0 Å². The van der Waals surface area contributed by atoms with E-state index in [2.05, 4.69) is 31.4 Å². The third-order valence-electron chi connectivity index (χ3n) is 3.50. The number of aryl methyl sites for hydroxylation is 1. The summed E-state index contributed by atoms with van der Waals surface area (Å²) in [5, 5.41) is 5.45. The van der Waals surface area contributed by atoms with Crippen LogP contribution in [0.25, 0.3) is 0 Å². The van der Waals surface area contributed by atoms with Crippen molar-refractivity contribution in [3.05, 3.63) is 59.7 Å². The number of anilines is 1. The van der Waals surface area contributed by atoms with Gasteiger partial charge in [0.25, 0.3) is 0 Å². The normalized spacial score (nSPS) is 11.0. The zero-order valence-corrected chi connectivity index (χ0v) is 14.1. The average molecular weight is 312 g/mol. The van der Waals surface area contributed by atoms with E-state index < -0.39 is 0 Å². The number of carbonyl (C=O) groups is 1. The van der Waals surface area contributed by atoms with E-state index in [1.165, 1.54) is 11.1 Å². The van der Waals surface area contributed by atoms with E-state index in [0.29, 0.717) is 0 Å². The van der Waals surface area contributed by atoms with E-state index in [0.717, 1.165) is 11.4 Å². The van der Waals surface area contributed by atoms with Gasteiger partial charge in [-0.3, -0.25) is 0 Å². The highest BCUT2D eigenvalue weighted by atomic mass is 16.5. The van der Waals surface area contributed by atoms with E-state index >= 15 is 0 Å². The number of benzene rings is 2. The Hall–Kier alpha value is -2.49. The Balaban J connectivity index is 1.79. The monoisotopic (exact) mass is 312 g/mol. The summed E-state index contributed by atoms with van der Waals surface area (Å²) < 4.78 is 5.46. The van der Waals surface area contributed by atoms with Crippen molar-refractivity contribution in [3.8, 4) is 5.75 Å². The molecule has 0 saturated carbocycles. The molecule has 0 spiro atoms. The standard InChI is InChI=1S/C19H24N2O2/c1-14-5-11-17(12-6-14)23-13-20-18(22)21-16-9-7-15(8-10-16)19(2,3)4/h5-12H,13H2,1-4H3,(H2,20,21,22). The molecule has 2 aromatic carbocycles. The molecular weight excluding hydrogens is 288 g/mol. The number of nitrogens with one attached hydrogen (secondary N) is 2. The van der Waals surface area contributed by atoms with Gasteiger partial charge in [0.1, 0.15) is 5.75 Å². The van der Waals surface area contributed by atoms with Crippen LogP contribution in [0.5, 0.6) is 5.75 Å². The lowest BCUT2D eigenvalue weighted by Gasteiger charge is -2.19. The van der Waals surface area contributed by atoms with Crippen molar-refractivity contribution in [1.29, 1.82) is 0 Å². The summed E-state index contributed by atoms with van der Waals surface area (Å²) in [5.41, 5.74) is 3.25. The van der Waals surface area contributed by atoms with Crippen LogP contribution in [0.4, 0.5) is 10.5 Å². The Morgan fingerprint density at radius 1 is 1.00 bits per heavy atom. The molecule has 0 unspecified atom stereocenters. The van der Waals surface area contributed by atoms with Crippen molar-refractivity contribution >= 4 is 11.7 Å². The summed E-state index contributed by atoms with van der Waals surface area (Å²) in [6.45, 7) is 8.61. The van der Waals surface area contributed by atoms with Gasteiger partial charge in [0.05, 0.1) is 0 Å². The van der Waals surface area contributed by atoms with Gasteiger partial charge in [-0.25, -0.2) is 4.79 Å². The Morgan fingerprint density at radius 2 is 1.61 bits per heavy atom. The highest BCUT2D eigenvalue weighted by molar-refractivity contribution is 5.89. The number of urea groups is 1. The summed E-state index contributed by atoms with van der Waals surface area (Å²) in [4.78, 5) is 11.8. The Bertz CT molecular complexity index is 641. The minimum atomic E-state index is -0.291. The molecule has 0 aliphatic rings. The lowest BCUT2D eigenvalue weighted by atomic mass is 9.87. The highest BCUT2D eigenvalue weighted by Gasteiger charge is 2.13. The Labute approximate surface area is 137 Å². The summed E-state index contributed by atoms with van der Waals surface area (Å²) in [5.74, 6) is 0.727. The lowest BCUT2D eigenvalue weighted by molar-refractivity contribution is 0.234. The quantitative estimate of drug-likeness (QED) is 0.819. The zero-order valence-electron chi connectivity index (χ0n) is 14.1. The van der Waals surface area contributed by atoms with Crippen LogP contribution >= 0.6 is 0 Å². The number of rotatable bonds is 4. The molecule has 4 nitrogen and oxygen atoms in total. The van der Waals surface area contributed by atoms with Crippen LogP contribution in [-0.2, 0) is 5.41 Å². The lowest BCUT2D eigenvalue weighted by Crippen LogP contribution is -2.32. The maximum atomic E-state index is 11.8. The van der Waals surface area contributed by atoms with Crippen LogP contribution in [0.15, 0.2) is 48.5 Å². The summed E-state index contributed by atoms with van der Waals surface area (Å²) in [6, 6.07) is 15.2. The first kappa shape index (κ1) is 16.9. The summed E-state index contributed by atoms with van der Waals surface area (Å²) in [6.07, 6.45) is 0. The van der Waals surface area contributed by atoms with Crippen molar-refractivity contribution < 1.29 is 9.53 Å². The molecule has 2 amide bonds. The number of amides is 2. The fourth-order valence-electron chi connectivity index (χ4n) is 2.05. The first-order valence-electron chi connectivity index (χ1n) is 7.69. The molecular formula is C19H24N2O2. The van der Waals surface area contributed by atoms with Crippen molar-refractivity contribution in [1.82, 2.24) is 5.32 Å². The third kappa shape index (κ3) is 5.33. The molecule has 2 rings (SSSR count). The largest absolute Gasteiger partial charge is 0.473 e. The van der Waals surface area contributed by atoms with E-state index in [-0.39, 0.29) is 18.2 Å². The molecule has 23 heavy (non-hydrogen) atoms. The van der Waals surface area contributed by atoms with E-state index in [1.807, 2.05) is 55.5 Å². The number of ether oxygens (including phenoxy) is 1. The van der Waals surface area contributed by atoms with Crippen LogP contribution < -0.4 is 15.4 Å². The molecule has 0 bridgehead atoms. The first-order chi connectivity index (χ1) is 10.8. The Morgan fingerprint density at radius 3 is 2.17 bits per heavy atom. The molecule has 0 aliphatic heterocycles. The predicted octanol–water partition coefficient (Wildman–Crippen LogP) is 4.45. The molecule has 0 saturated heterocycles. The summed E-state index contributed by atoms with van der Waals surface area (Å²) >= 11 is 0. The topological polar surface area (TPSA) is 50.4 Å². The smallest absolute Gasteiger partial charge is 0.321 e. The van der Waals surface area contributed by atoms with Gasteiger partial charge in [0.2, 0.25) is 0 Å². The Kier molecular flexibility index (Phi) is 5.27. The van der Waals surface area contributed by atoms with Crippen LogP contribution in [0.1, 0.15) is 31.9 Å². The molecule has 0 aliphatic carbocycles. The van der Waals surface area contributed by atoms with Crippen molar-refractivity contribution in [2.75, 3.05) is 12.0 Å². The molecule has 0 radical (unpaired) electrons. The fraction of sp³-hybridized carbons (Fsp3) is 0.316. The second kappa shape index (κ2) is 7.18. The minimum absolute atomic E-state index is 0.0999. The van der Waals surface area contributed by atoms with E-state index in [1.54, 1.807) is 0 Å². The number of hydrogen-bond donors (Lipinski definition) is 2. The fourth-order valence-corrected chi connectivity index (χ4v) is 2.05. The summed E-state index contributed by atoms with van der Waals surface area (Å²) in [7, 11) is 0. The maximum absolute atomic E-state index is 11.8. The van der Waals surface area contributed by atoms with Gasteiger partial charge in [0, 0.05) is 5.69 Å². The molecule has 122 valence electrons.